The van der Waals surface area contributed by atoms with Crippen molar-refractivity contribution < 1.29 is 4.42 Å². The molecule has 1 heterocycles. The Morgan fingerprint density at radius 1 is 1.56 bits per heavy atom. The molecule has 0 atom stereocenters. The molecule has 6 heteroatoms. The molecule has 0 amide bonds. The lowest BCUT2D eigenvalue weighted by atomic mass is 10.2. The number of thiocarbonyl (C=S) groups is 1. The first-order valence-corrected chi connectivity index (χ1v) is 6.09. The highest BCUT2D eigenvalue weighted by molar-refractivity contribution is 7.80. The van der Waals surface area contributed by atoms with Gasteiger partial charge >= 0.3 is 0 Å². The first-order valence-electron chi connectivity index (χ1n) is 5.31. The van der Waals surface area contributed by atoms with Crippen molar-refractivity contribution in [3.05, 3.63) is 46.6 Å². The second kappa shape index (κ2) is 5.37. The number of nitrogens with two attached hydrogens (primary N) is 1. The molecule has 94 valence electrons. The lowest BCUT2D eigenvalue weighted by molar-refractivity contribution is 0.479. The normalized spacial score (nSPS) is 10.3. The van der Waals surface area contributed by atoms with Gasteiger partial charge in [0.05, 0.1) is 23.5 Å². The molecule has 1 aromatic carbocycles. The predicted molar refractivity (Wildman–Crippen MR) is 75.9 cm³/mol. The summed E-state index contributed by atoms with van der Waals surface area (Å²) in [4.78, 5) is 4.42. The smallest absolute Gasteiger partial charge is 0.213 e. The van der Waals surface area contributed by atoms with Gasteiger partial charge in [0.15, 0.2) is 0 Å². The van der Waals surface area contributed by atoms with Crippen molar-refractivity contribution in [1.82, 2.24) is 4.98 Å². The molecule has 2 rings (SSSR count). The third kappa shape index (κ3) is 3.00. The Morgan fingerprint density at radius 2 is 2.33 bits per heavy atom. The van der Waals surface area contributed by atoms with E-state index in [1.165, 1.54) is 0 Å². The molecule has 0 aliphatic rings. The van der Waals surface area contributed by atoms with E-state index in [4.69, 9.17) is 34.0 Å². The number of halogens is 1. The lowest BCUT2D eigenvalue weighted by Gasteiger charge is -2.07. The van der Waals surface area contributed by atoms with Crippen molar-refractivity contribution in [3.63, 3.8) is 0 Å². The van der Waals surface area contributed by atoms with E-state index in [1.54, 1.807) is 12.3 Å². The summed E-state index contributed by atoms with van der Waals surface area (Å²) in [5.41, 5.74) is 7.06. The number of anilines is 1. The van der Waals surface area contributed by atoms with Gasteiger partial charge in [0.2, 0.25) is 5.89 Å². The van der Waals surface area contributed by atoms with Crippen molar-refractivity contribution in [2.45, 2.75) is 13.5 Å². The predicted octanol–water partition coefficient (Wildman–Crippen LogP) is 2.88. The molecule has 2 aromatic rings. The van der Waals surface area contributed by atoms with Crippen LogP contribution in [0.15, 0.2) is 28.8 Å². The molecule has 0 spiro atoms. The average Bonchev–Trinajstić information content (AvgIpc) is 2.73. The average molecular weight is 282 g/mol. The monoisotopic (exact) mass is 281 g/mol. The standard InChI is InChI=1S/C12H12ClN3OS/c1-7-5-16-11(17-7)6-15-10-3-2-8(12(14)18)4-9(10)13/h2-5,15H,6H2,1H3,(H2,14,18). The summed E-state index contributed by atoms with van der Waals surface area (Å²) in [5.74, 6) is 1.39. The maximum atomic E-state index is 6.12. The van der Waals surface area contributed by atoms with Gasteiger partial charge in [-0.3, -0.25) is 0 Å². The first-order chi connectivity index (χ1) is 8.56. The maximum Gasteiger partial charge on any atom is 0.213 e. The van der Waals surface area contributed by atoms with Crippen LogP contribution < -0.4 is 11.1 Å². The minimum atomic E-state index is 0.326. The maximum absolute atomic E-state index is 6.12. The van der Waals surface area contributed by atoms with Crippen molar-refractivity contribution in [1.29, 1.82) is 0 Å². The van der Waals surface area contributed by atoms with Gasteiger partial charge in [0.1, 0.15) is 10.7 Å². The molecule has 0 bridgehead atoms. The van der Waals surface area contributed by atoms with Gasteiger partial charge in [-0.1, -0.05) is 23.8 Å². The molecule has 0 saturated carbocycles. The minimum Gasteiger partial charge on any atom is -0.444 e. The SMILES string of the molecule is Cc1cnc(CNc2ccc(C(N)=S)cc2Cl)o1. The van der Waals surface area contributed by atoms with Crippen LogP contribution in [0.2, 0.25) is 5.02 Å². The fourth-order valence-corrected chi connectivity index (χ4v) is 1.84. The number of aryl methyl sites for hydroxylation is 1. The highest BCUT2D eigenvalue weighted by Gasteiger charge is 2.05. The number of rotatable bonds is 4. The summed E-state index contributed by atoms with van der Waals surface area (Å²) >= 11 is 11.0. The van der Waals surface area contributed by atoms with E-state index in [-0.39, 0.29) is 0 Å². The summed E-state index contributed by atoms with van der Waals surface area (Å²) in [6.07, 6.45) is 1.68. The molecule has 0 saturated heterocycles. The van der Waals surface area contributed by atoms with E-state index >= 15 is 0 Å². The molecule has 18 heavy (non-hydrogen) atoms. The van der Waals surface area contributed by atoms with Gasteiger partial charge in [0.25, 0.3) is 0 Å². The first kappa shape index (κ1) is 12.9. The van der Waals surface area contributed by atoms with Gasteiger partial charge in [0, 0.05) is 5.56 Å². The third-order valence-corrected chi connectivity index (χ3v) is 2.90. The van der Waals surface area contributed by atoms with Crippen LogP contribution in [0.3, 0.4) is 0 Å². The summed E-state index contributed by atoms with van der Waals surface area (Å²) in [7, 11) is 0. The van der Waals surface area contributed by atoms with Crippen LogP contribution in [0.5, 0.6) is 0 Å². The third-order valence-electron chi connectivity index (χ3n) is 2.35. The van der Waals surface area contributed by atoms with Crippen LogP contribution in [0.25, 0.3) is 0 Å². The van der Waals surface area contributed by atoms with E-state index < -0.39 is 0 Å². The molecule has 0 unspecified atom stereocenters. The number of hydrogen-bond acceptors (Lipinski definition) is 4. The molecule has 3 N–H and O–H groups in total. The number of oxazole rings is 1. The largest absolute Gasteiger partial charge is 0.444 e. The van der Waals surface area contributed by atoms with E-state index in [1.807, 2.05) is 19.1 Å². The van der Waals surface area contributed by atoms with Crippen LogP contribution >= 0.6 is 23.8 Å². The highest BCUT2D eigenvalue weighted by Crippen LogP contribution is 2.23. The quantitative estimate of drug-likeness (QED) is 0.844. The van der Waals surface area contributed by atoms with Gasteiger partial charge in [-0.05, 0) is 25.1 Å². The van der Waals surface area contributed by atoms with Gasteiger partial charge in [-0.2, -0.15) is 0 Å². The number of nitrogens with zero attached hydrogens (tertiary/aromatic N) is 1. The topological polar surface area (TPSA) is 64.1 Å². The van der Waals surface area contributed by atoms with Crippen LogP contribution in [0, 0.1) is 6.92 Å². The molecule has 4 nitrogen and oxygen atoms in total. The molecular formula is C12H12ClN3OS. The molecule has 1 aromatic heterocycles. The van der Waals surface area contributed by atoms with Crippen molar-refractivity contribution in [3.8, 4) is 0 Å². The van der Waals surface area contributed by atoms with Crippen LogP contribution in [0.1, 0.15) is 17.2 Å². The van der Waals surface area contributed by atoms with Crippen molar-refractivity contribution in [2.75, 3.05) is 5.32 Å². The lowest BCUT2D eigenvalue weighted by Crippen LogP contribution is -2.09. The Hall–Kier alpha value is -1.59. The second-order valence-corrected chi connectivity index (χ2v) is 4.62. The Balaban J connectivity index is 2.08. The van der Waals surface area contributed by atoms with E-state index in [0.717, 1.165) is 17.0 Å². The molecule has 0 radical (unpaired) electrons. The van der Waals surface area contributed by atoms with Crippen LogP contribution in [0.4, 0.5) is 5.69 Å². The summed E-state index contributed by atoms with van der Waals surface area (Å²) in [6.45, 7) is 2.32. The molecule has 0 aliphatic heterocycles. The number of nitrogens with one attached hydrogen (secondary N) is 1. The summed E-state index contributed by atoms with van der Waals surface area (Å²) < 4.78 is 5.35. The van der Waals surface area contributed by atoms with Crippen molar-refractivity contribution >= 4 is 34.5 Å². The zero-order valence-electron chi connectivity index (χ0n) is 9.74. The molecule has 0 fully saturated rings. The van der Waals surface area contributed by atoms with Gasteiger partial charge in [-0.25, -0.2) is 4.98 Å². The van der Waals surface area contributed by atoms with E-state index in [2.05, 4.69) is 10.3 Å². The minimum absolute atomic E-state index is 0.326. The molecular weight excluding hydrogens is 270 g/mol. The fraction of sp³-hybridized carbons (Fsp3) is 0.167. The van der Waals surface area contributed by atoms with Gasteiger partial charge in [-0.15, -0.1) is 0 Å². The summed E-state index contributed by atoms with van der Waals surface area (Å²) in [5, 5.41) is 3.70. The second-order valence-electron chi connectivity index (χ2n) is 3.78. The number of aromatic nitrogens is 1. The Morgan fingerprint density at radius 3 is 2.89 bits per heavy atom. The highest BCUT2D eigenvalue weighted by atomic mass is 35.5. The van der Waals surface area contributed by atoms with E-state index in [0.29, 0.717) is 22.4 Å². The van der Waals surface area contributed by atoms with Crippen LogP contribution in [-0.4, -0.2) is 9.97 Å². The number of hydrogen-bond donors (Lipinski definition) is 2. The zero-order valence-corrected chi connectivity index (χ0v) is 11.3. The Bertz CT molecular complexity index is 582. The molecule has 0 aliphatic carbocycles. The Labute approximate surface area is 115 Å². The van der Waals surface area contributed by atoms with Crippen molar-refractivity contribution in [2.24, 2.45) is 5.73 Å². The fourth-order valence-electron chi connectivity index (χ4n) is 1.47. The zero-order chi connectivity index (χ0) is 13.1. The van der Waals surface area contributed by atoms with Gasteiger partial charge < -0.3 is 15.5 Å². The summed E-state index contributed by atoms with van der Waals surface area (Å²) in [6, 6.07) is 5.37. The van der Waals surface area contributed by atoms with Crippen LogP contribution in [-0.2, 0) is 6.54 Å². The van der Waals surface area contributed by atoms with E-state index in [9.17, 15) is 0 Å². The Kier molecular flexibility index (Phi) is 3.84. The number of benzene rings is 1.